The zero-order valence-electron chi connectivity index (χ0n) is 9.90. The lowest BCUT2D eigenvalue weighted by Gasteiger charge is -2.11. The van der Waals surface area contributed by atoms with E-state index in [0.717, 1.165) is 0 Å². The van der Waals surface area contributed by atoms with Crippen molar-refractivity contribution in [2.45, 2.75) is 19.3 Å². The van der Waals surface area contributed by atoms with Crippen LogP contribution in [0, 0.1) is 11.8 Å². The van der Waals surface area contributed by atoms with Crippen molar-refractivity contribution in [1.82, 2.24) is 4.98 Å². The summed E-state index contributed by atoms with van der Waals surface area (Å²) in [6.07, 6.45) is 3.04. The predicted octanol–water partition coefficient (Wildman–Crippen LogP) is 2.94. The molecule has 0 aliphatic heterocycles. The Balaban J connectivity index is 2.02. The molecular weight excluding hydrogens is 336 g/mol. The van der Waals surface area contributed by atoms with E-state index in [1.54, 1.807) is 6.07 Å². The van der Waals surface area contributed by atoms with Crippen LogP contribution >= 0.6 is 27.5 Å². The zero-order chi connectivity index (χ0) is 14.0. The SMILES string of the molecule is O=C(O)C1CCC(C(=O)Nc2cc(Br)cnc2Cl)C1. The Kier molecular flexibility index (Phi) is 4.42. The van der Waals surface area contributed by atoms with Gasteiger partial charge in [0.25, 0.3) is 0 Å². The molecule has 0 bridgehead atoms. The fraction of sp³-hybridized carbons (Fsp3) is 0.417. The molecule has 1 aromatic heterocycles. The van der Waals surface area contributed by atoms with Crippen LogP contribution in [0.3, 0.4) is 0 Å². The number of aliphatic carboxylic acids is 1. The average molecular weight is 348 g/mol. The second kappa shape index (κ2) is 5.88. The smallest absolute Gasteiger partial charge is 0.306 e. The van der Waals surface area contributed by atoms with E-state index >= 15 is 0 Å². The monoisotopic (exact) mass is 346 g/mol. The molecule has 1 aliphatic rings. The van der Waals surface area contributed by atoms with Gasteiger partial charge < -0.3 is 10.4 Å². The van der Waals surface area contributed by atoms with Crippen LogP contribution in [0.2, 0.25) is 5.15 Å². The Morgan fingerprint density at radius 2 is 2.11 bits per heavy atom. The first-order valence-corrected chi connectivity index (χ1v) is 6.99. The van der Waals surface area contributed by atoms with Crippen molar-refractivity contribution in [3.63, 3.8) is 0 Å². The standard InChI is InChI=1S/C12H12BrClN2O3/c13-8-4-9(10(14)15-5-8)16-11(17)6-1-2-7(3-6)12(18)19/h4-7H,1-3H2,(H,16,17)(H,18,19). The third-order valence-corrected chi connectivity index (χ3v) is 3.95. The first-order chi connectivity index (χ1) is 8.97. The van der Waals surface area contributed by atoms with Crippen molar-refractivity contribution in [3.05, 3.63) is 21.9 Å². The van der Waals surface area contributed by atoms with E-state index in [0.29, 0.717) is 29.4 Å². The van der Waals surface area contributed by atoms with Gasteiger partial charge in [0, 0.05) is 16.6 Å². The van der Waals surface area contributed by atoms with E-state index in [-0.39, 0.29) is 17.0 Å². The number of carboxylic acids is 1. The number of hydrogen-bond donors (Lipinski definition) is 2. The van der Waals surface area contributed by atoms with Gasteiger partial charge in [-0.1, -0.05) is 11.6 Å². The average Bonchev–Trinajstić information content (AvgIpc) is 2.83. The summed E-state index contributed by atoms with van der Waals surface area (Å²) in [4.78, 5) is 26.8. The summed E-state index contributed by atoms with van der Waals surface area (Å²) < 4.78 is 0.710. The first kappa shape index (κ1) is 14.3. The van der Waals surface area contributed by atoms with Gasteiger partial charge >= 0.3 is 5.97 Å². The molecule has 2 atom stereocenters. The highest BCUT2D eigenvalue weighted by Gasteiger charge is 2.34. The van der Waals surface area contributed by atoms with Gasteiger partial charge in [0.05, 0.1) is 11.6 Å². The molecule has 0 radical (unpaired) electrons. The number of carboxylic acid groups (broad SMARTS) is 1. The molecule has 1 saturated carbocycles. The van der Waals surface area contributed by atoms with Crippen molar-refractivity contribution < 1.29 is 14.7 Å². The molecule has 5 nitrogen and oxygen atoms in total. The number of pyridine rings is 1. The van der Waals surface area contributed by atoms with Gasteiger partial charge in [-0.2, -0.15) is 0 Å². The van der Waals surface area contributed by atoms with Crippen molar-refractivity contribution in [1.29, 1.82) is 0 Å². The summed E-state index contributed by atoms with van der Waals surface area (Å²) >= 11 is 9.13. The van der Waals surface area contributed by atoms with Crippen LogP contribution in [-0.4, -0.2) is 22.0 Å². The minimum absolute atomic E-state index is 0.203. The van der Waals surface area contributed by atoms with Crippen LogP contribution in [0.1, 0.15) is 19.3 Å². The number of halogens is 2. The number of carbonyl (C=O) groups is 2. The van der Waals surface area contributed by atoms with Gasteiger partial charge in [-0.05, 0) is 41.3 Å². The van der Waals surface area contributed by atoms with Crippen LogP contribution < -0.4 is 5.32 Å². The summed E-state index contributed by atoms with van der Waals surface area (Å²) in [6.45, 7) is 0. The van der Waals surface area contributed by atoms with E-state index < -0.39 is 11.9 Å². The number of carbonyl (C=O) groups excluding carboxylic acids is 1. The molecule has 7 heteroatoms. The molecule has 19 heavy (non-hydrogen) atoms. The molecule has 2 N–H and O–H groups in total. The Bertz CT molecular complexity index is 524. The Morgan fingerprint density at radius 3 is 2.74 bits per heavy atom. The maximum atomic E-state index is 12.0. The van der Waals surface area contributed by atoms with E-state index in [2.05, 4.69) is 26.2 Å². The number of anilines is 1. The van der Waals surface area contributed by atoms with Gasteiger partial charge in [0.15, 0.2) is 5.15 Å². The first-order valence-electron chi connectivity index (χ1n) is 5.82. The molecule has 1 fully saturated rings. The van der Waals surface area contributed by atoms with E-state index in [1.165, 1.54) is 6.20 Å². The maximum absolute atomic E-state index is 12.0. The molecular formula is C12H12BrClN2O3. The lowest BCUT2D eigenvalue weighted by molar-refractivity contribution is -0.141. The molecule has 1 heterocycles. The number of hydrogen-bond acceptors (Lipinski definition) is 3. The van der Waals surface area contributed by atoms with Gasteiger partial charge in [-0.3, -0.25) is 9.59 Å². The predicted molar refractivity (Wildman–Crippen MR) is 74.0 cm³/mol. The quantitative estimate of drug-likeness (QED) is 0.824. The highest BCUT2D eigenvalue weighted by atomic mass is 79.9. The second-order valence-electron chi connectivity index (χ2n) is 4.53. The Hall–Kier alpha value is -1.14. The van der Waals surface area contributed by atoms with Crippen molar-refractivity contribution >= 4 is 45.1 Å². The molecule has 1 amide bonds. The normalized spacial score (nSPS) is 22.2. The molecule has 2 rings (SSSR count). The molecule has 0 aromatic carbocycles. The molecule has 0 saturated heterocycles. The van der Waals surface area contributed by atoms with Gasteiger partial charge in [0.1, 0.15) is 0 Å². The highest BCUT2D eigenvalue weighted by Crippen LogP contribution is 2.32. The largest absolute Gasteiger partial charge is 0.481 e. The number of rotatable bonds is 3. The fourth-order valence-electron chi connectivity index (χ4n) is 2.19. The summed E-state index contributed by atoms with van der Waals surface area (Å²) in [5, 5.41) is 11.8. The van der Waals surface area contributed by atoms with Crippen LogP contribution in [-0.2, 0) is 9.59 Å². The third-order valence-electron chi connectivity index (χ3n) is 3.22. The summed E-state index contributed by atoms with van der Waals surface area (Å²) in [5.74, 6) is -1.74. The highest BCUT2D eigenvalue weighted by molar-refractivity contribution is 9.10. The minimum atomic E-state index is -0.836. The van der Waals surface area contributed by atoms with Gasteiger partial charge in [0.2, 0.25) is 5.91 Å². The van der Waals surface area contributed by atoms with Crippen molar-refractivity contribution in [3.8, 4) is 0 Å². The number of nitrogens with one attached hydrogen (secondary N) is 1. The van der Waals surface area contributed by atoms with Crippen LogP contribution in [0.15, 0.2) is 16.7 Å². The lowest BCUT2D eigenvalue weighted by Crippen LogP contribution is -2.22. The summed E-state index contributed by atoms with van der Waals surface area (Å²) in [7, 11) is 0. The zero-order valence-corrected chi connectivity index (χ0v) is 12.2. The summed E-state index contributed by atoms with van der Waals surface area (Å²) in [6, 6.07) is 1.66. The molecule has 1 aliphatic carbocycles. The Morgan fingerprint density at radius 1 is 1.42 bits per heavy atom. The second-order valence-corrected chi connectivity index (χ2v) is 5.80. The summed E-state index contributed by atoms with van der Waals surface area (Å²) in [5.41, 5.74) is 0.430. The number of aromatic nitrogens is 1. The third kappa shape index (κ3) is 3.45. The lowest BCUT2D eigenvalue weighted by atomic mass is 10.0. The fourth-order valence-corrected chi connectivity index (χ4v) is 2.67. The molecule has 1 aromatic rings. The number of amides is 1. The maximum Gasteiger partial charge on any atom is 0.306 e. The van der Waals surface area contributed by atoms with Gasteiger partial charge in [-0.15, -0.1) is 0 Å². The Labute approximate surface area is 123 Å². The molecule has 2 unspecified atom stereocenters. The molecule has 102 valence electrons. The van der Waals surface area contributed by atoms with Crippen molar-refractivity contribution in [2.75, 3.05) is 5.32 Å². The number of nitrogens with zero attached hydrogens (tertiary/aromatic N) is 1. The van der Waals surface area contributed by atoms with E-state index in [4.69, 9.17) is 16.7 Å². The van der Waals surface area contributed by atoms with Crippen molar-refractivity contribution in [2.24, 2.45) is 11.8 Å². The van der Waals surface area contributed by atoms with Crippen LogP contribution in [0.4, 0.5) is 5.69 Å². The van der Waals surface area contributed by atoms with Gasteiger partial charge in [-0.25, -0.2) is 4.98 Å². The minimum Gasteiger partial charge on any atom is -0.481 e. The van der Waals surface area contributed by atoms with Crippen LogP contribution in [0.5, 0.6) is 0 Å². The van der Waals surface area contributed by atoms with E-state index in [1.807, 2.05) is 0 Å². The molecule has 0 spiro atoms. The van der Waals surface area contributed by atoms with Crippen LogP contribution in [0.25, 0.3) is 0 Å². The topological polar surface area (TPSA) is 79.3 Å². The van der Waals surface area contributed by atoms with E-state index in [9.17, 15) is 9.59 Å².